The van der Waals surface area contributed by atoms with E-state index in [-0.39, 0.29) is 6.04 Å². The van der Waals surface area contributed by atoms with Crippen molar-refractivity contribution in [1.29, 1.82) is 0 Å². The Morgan fingerprint density at radius 1 is 1.38 bits per heavy atom. The molecule has 0 aliphatic carbocycles. The van der Waals surface area contributed by atoms with Gasteiger partial charge in [-0.3, -0.25) is 0 Å². The summed E-state index contributed by atoms with van der Waals surface area (Å²) in [7, 11) is -3.52. The summed E-state index contributed by atoms with van der Waals surface area (Å²) in [6, 6.07) is 8.97. The van der Waals surface area contributed by atoms with E-state index in [1.54, 1.807) is 6.07 Å². The van der Waals surface area contributed by atoms with E-state index in [4.69, 9.17) is 4.74 Å². The number of hydrogen-bond acceptors (Lipinski definition) is 4. The number of para-hydroxylation sites is 1. The molecule has 21 heavy (non-hydrogen) atoms. The number of sulfonamides is 1. The van der Waals surface area contributed by atoms with Gasteiger partial charge >= 0.3 is 0 Å². The van der Waals surface area contributed by atoms with Crippen LogP contribution in [0.4, 0.5) is 0 Å². The highest BCUT2D eigenvalue weighted by molar-refractivity contribution is 9.11. The van der Waals surface area contributed by atoms with E-state index in [2.05, 4.69) is 20.7 Å². The van der Waals surface area contributed by atoms with E-state index < -0.39 is 10.0 Å². The van der Waals surface area contributed by atoms with E-state index in [1.807, 2.05) is 31.2 Å². The summed E-state index contributed by atoms with van der Waals surface area (Å²) in [5.74, 6) is 0.750. The van der Waals surface area contributed by atoms with Crippen LogP contribution in [-0.4, -0.2) is 15.0 Å². The second-order valence-electron chi connectivity index (χ2n) is 4.87. The van der Waals surface area contributed by atoms with Gasteiger partial charge in [0, 0.05) is 12.0 Å². The summed E-state index contributed by atoms with van der Waals surface area (Å²) in [6.45, 7) is 2.39. The molecule has 4 nitrogen and oxygen atoms in total. The maximum absolute atomic E-state index is 12.5. The van der Waals surface area contributed by atoms with Crippen LogP contribution in [0.15, 0.2) is 38.3 Å². The quantitative estimate of drug-likeness (QED) is 0.874. The van der Waals surface area contributed by atoms with Gasteiger partial charge in [0.1, 0.15) is 9.96 Å². The van der Waals surface area contributed by atoms with Gasteiger partial charge in [-0.25, -0.2) is 13.1 Å². The van der Waals surface area contributed by atoms with Crippen molar-refractivity contribution in [3.8, 4) is 5.75 Å². The monoisotopic (exact) mass is 387 g/mol. The molecular formula is C14H14BrNO3S2. The van der Waals surface area contributed by atoms with Gasteiger partial charge in [-0.15, -0.1) is 11.3 Å². The minimum absolute atomic E-state index is 0.249. The molecule has 3 rings (SSSR count). The van der Waals surface area contributed by atoms with Crippen molar-refractivity contribution in [2.75, 3.05) is 6.61 Å². The van der Waals surface area contributed by atoms with E-state index in [0.29, 0.717) is 17.2 Å². The van der Waals surface area contributed by atoms with Crippen molar-refractivity contribution in [2.45, 2.75) is 23.6 Å². The third kappa shape index (κ3) is 3.01. The molecule has 1 aliphatic heterocycles. The van der Waals surface area contributed by atoms with Crippen LogP contribution in [0.3, 0.4) is 0 Å². The molecule has 1 unspecified atom stereocenters. The standard InChI is InChI=1S/C14H14BrNO3S2/c1-9-8-13(20-14(9)15)21(17,18)16-11-6-7-19-12-5-3-2-4-10(11)12/h2-5,8,11,16H,6-7H2,1H3. The maximum Gasteiger partial charge on any atom is 0.250 e. The number of thiophene rings is 1. The third-order valence-corrected chi connectivity index (χ3v) is 7.44. The average molecular weight is 388 g/mol. The zero-order chi connectivity index (χ0) is 15.0. The first-order chi connectivity index (χ1) is 9.97. The molecule has 0 spiro atoms. The SMILES string of the molecule is Cc1cc(S(=O)(=O)NC2CCOc3ccccc32)sc1Br. The third-order valence-electron chi connectivity index (χ3n) is 3.36. The highest BCUT2D eigenvalue weighted by Gasteiger charge is 2.27. The van der Waals surface area contributed by atoms with Crippen LogP contribution in [0, 0.1) is 6.92 Å². The van der Waals surface area contributed by atoms with Crippen LogP contribution in [0.1, 0.15) is 23.6 Å². The fourth-order valence-electron chi connectivity index (χ4n) is 2.27. The Labute approximate surface area is 136 Å². The van der Waals surface area contributed by atoms with Crippen molar-refractivity contribution >= 4 is 37.3 Å². The number of nitrogens with one attached hydrogen (secondary N) is 1. The Hall–Kier alpha value is -0.890. The van der Waals surface area contributed by atoms with Crippen molar-refractivity contribution < 1.29 is 13.2 Å². The van der Waals surface area contributed by atoms with Crippen LogP contribution in [-0.2, 0) is 10.0 Å². The molecule has 0 radical (unpaired) electrons. The maximum atomic E-state index is 12.5. The molecule has 1 N–H and O–H groups in total. The lowest BCUT2D eigenvalue weighted by molar-refractivity contribution is 0.263. The zero-order valence-corrected chi connectivity index (χ0v) is 14.5. The Balaban J connectivity index is 1.90. The van der Waals surface area contributed by atoms with Gasteiger partial charge in [-0.05, 0) is 40.5 Å². The molecule has 1 aromatic carbocycles. The normalized spacial score (nSPS) is 18.1. The fraction of sp³-hybridized carbons (Fsp3) is 0.286. The number of rotatable bonds is 3. The smallest absolute Gasteiger partial charge is 0.250 e. The zero-order valence-electron chi connectivity index (χ0n) is 11.3. The summed E-state index contributed by atoms with van der Waals surface area (Å²) in [6.07, 6.45) is 0.627. The summed E-state index contributed by atoms with van der Waals surface area (Å²) >= 11 is 4.59. The van der Waals surface area contributed by atoms with Crippen LogP contribution >= 0.6 is 27.3 Å². The highest BCUT2D eigenvalue weighted by atomic mass is 79.9. The number of aryl methyl sites for hydroxylation is 1. The van der Waals surface area contributed by atoms with E-state index in [9.17, 15) is 8.42 Å². The number of hydrogen-bond donors (Lipinski definition) is 1. The lowest BCUT2D eigenvalue weighted by Crippen LogP contribution is -2.31. The van der Waals surface area contributed by atoms with Crippen LogP contribution < -0.4 is 9.46 Å². The number of ether oxygens (including phenoxy) is 1. The molecular weight excluding hydrogens is 374 g/mol. The topological polar surface area (TPSA) is 55.4 Å². The largest absolute Gasteiger partial charge is 0.493 e. The second kappa shape index (κ2) is 5.72. The molecule has 112 valence electrons. The van der Waals surface area contributed by atoms with E-state index in [1.165, 1.54) is 11.3 Å². The van der Waals surface area contributed by atoms with E-state index in [0.717, 1.165) is 20.7 Å². The Morgan fingerprint density at radius 3 is 2.86 bits per heavy atom. The number of benzene rings is 1. The molecule has 1 atom stereocenters. The fourth-order valence-corrected chi connectivity index (χ4v) is 5.77. The first kappa shape index (κ1) is 15.0. The van der Waals surface area contributed by atoms with Gasteiger partial charge in [-0.1, -0.05) is 18.2 Å². The van der Waals surface area contributed by atoms with Gasteiger partial charge in [0.05, 0.1) is 16.4 Å². The highest BCUT2D eigenvalue weighted by Crippen LogP contribution is 2.35. The van der Waals surface area contributed by atoms with Gasteiger partial charge in [0.15, 0.2) is 0 Å². The van der Waals surface area contributed by atoms with Crippen LogP contribution in [0.25, 0.3) is 0 Å². The Morgan fingerprint density at radius 2 is 2.14 bits per heavy atom. The molecule has 0 bridgehead atoms. The predicted octanol–water partition coefficient (Wildman–Crippen LogP) is 3.62. The molecule has 0 fully saturated rings. The molecule has 0 saturated heterocycles. The molecule has 2 aromatic rings. The number of halogens is 1. The molecule has 2 heterocycles. The van der Waals surface area contributed by atoms with Crippen LogP contribution in [0.5, 0.6) is 5.75 Å². The van der Waals surface area contributed by atoms with Gasteiger partial charge in [0.25, 0.3) is 10.0 Å². The summed E-state index contributed by atoms with van der Waals surface area (Å²) < 4.78 is 34.5. The summed E-state index contributed by atoms with van der Waals surface area (Å²) in [4.78, 5) is 0. The van der Waals surface area contributed by atoms with Crippen molar-refractivity contribution in [1.82, 2.24) is 4.72 Å². The lowest BCUT2D eigenvalue weighted by Gasteiger charge is -2.26. The van der Waals surface area contributed by atoms with Gasteiger partial charge in [-0.2, -0.15) is 0 Å². The van der Waals surface area contributed by atoms with E-state index >= 15 is 0 Å². The number of fused-ring (bicyclic) bond motifs is 1. The molecule has 7 heteroatoms. The predicted molar refractivity (Wildman–Crippen MR) is 86.4 cm³/mol. The lowest BCUT2D eigenvalue weighted by atomic mass is 10.0. The molecule has 1 aliphatic rings. The van der Waals surface area contributed by atoms with Gasteiger partial charge < -0.3 is 4.74 Å². The van der Waals surface area contributed by atoms with Crippen molar-refractivity contribution in [2.24, 2.45) is 0 Å². The second-order valence-corrected chi connectivity index (χ2v) is 9.18. The van der Waals surface area contributed by atoms with Gasteiger partial charge in [0.2, 0.25) is 0 Å². The Bertz CT molecular complexity index is 751. The molecule has 0 saturated carbocycles. The molecule has 1 aromatic heterocycles. The van der Waals surface area contributed by atoms with Crippen molar-refractivity contribution in [3.05, 3.63) is 45.2 Å². The van der Waals surface area contributed by atoms with Crippen molar-refractivity contribution in [3.63, 3.8) is 0 Å². The first-order valence-corrected chi connectivity index (χ1v) is 9.56. The summed E-state index contributed by atoms with van der Waals surface area (Å²) in [5.41, 5.74) is 1.81. The molecule has 0 amide bonds. The first-order valence-electron chi connectivity index (χ1n) is 6.47. The Kier molecular flexibility index (Phi) is 4.09. The summed E-state index contributed by atoms with van der Waals surface area (Å²) in [5, 5.41) is 0. The minimum Gasteiger partial charge on any atom is -0.493 e. The van der Waals surface area contributed by atoms with Crippen LogP contribution in [0.2, 0.25) is 0 Å². The minimum atomic E-state index is -3.52. The average Bonchev–Trinajstić information content (AvgIpc) is 2.80.